The molecule has 3 amide bonds. The van der Waals surface area contributed by atoms with E-state index in [1.165, 1.54) is 16.9 Å². The average Bonchev–Trinajstić information content (AvgIpc) is 3.54. The third-order valence-corrected chi connectivity index (χ3v) is 7.75. The normalized spacial score (nSPS) is 17.4. The molecule has 0 saturated carbocycles. The Balaban J connectivity index is 1.25. The number of rotatable bonds is 7. The van der Waals surface area contributed by atoms with Gasteiger partial charge in [-0.3, -0.25) is 14.4 Å². The number of hydrogen-bond donors (Lipinski definition) is 0. The lowest BCUT2D eigenvalue weighted by Gasteiger charge is -2.29. The topological polar surface area (TPSA) is 83.7 Å². The summed E-state index contributed by atoms with van der Waals surface area (Å²) in [6, 6.07) is 21.1. The number of imide groups is 1. The summed E-state index contributed by atoms with van der Waals surface area (Å²) >= 11 is 0. The van der Waals surface area contributed by atoms with Gasteiger partial charge in [-0.2, -0.15) is 0 Å². The van der Waals surface area contributed by atoms with Crippen molar-refractivity contribution in [3.05, 3.63) is 95.6 Å². The van der Waals surface area contributed by atoms with E-state index in [0.29, 0.717) is 35.7 Å². The highest BCUT2D eigenvalue weighted by molar-refractivity contribution is 6.23. The maximum absolute atomic E-state index is 13.7. The van der Waals surface area contributed by atoms with Crippen LogP contribution in [-0.4, -0.2) is 40.2 Å². The second-order valence-corrected chi connectivity index (χ2v) is 10.5. The number of oxazole rings is 1. The predicted molar refractivity (Wildman–Crippen MR) is 154 cm³/mol. The maximum atomic E-state index is 13.7. The number of carbonyl (C=O) groups excluding carboxylic acids is 3. The fraction of sp³-hybridized carbons (Fsp3) is 0.273. The third kappa shape index (κ3) is 5.07. The Morgan fingerprint density at radius 2 is 1.85 bits per heavy atom. The minimum absolute atomic E-state index is 0.0394. The summed E-state index contributed by atoms with van der Waals surface area (Å²) < 4.78 is 5.86. The minimum atomic E-state index is -0.846. The van der Waals surface area contributed by atoms with Crippen molar-refractivity contribution >= 4 is 34.5 Å². The molecular weight excluding hydrogens is 502 g/mol. The van der Waals surface area contributed by atoms with Crippen LogP contribution in [0.3, 0.4) is 0 Å². The van der Waals surface area contributed by atoms with E-state index in [0.717, 1.165) is 35.9 Å². The van der Waals surface area contributed by atoms with Gasteiger partial charge in [0.1, 0.15) is 11.6 Å². The lowest BCUT2D eigenvalue weighted by atomic mass is 9.96. The van der Waals surface area contributed by atoms with Gasteiger partial charge in [-0.25, -0.2) is 9.88 Å². The summed E-state index contributed by atoms with van der Waals surface area (Å²) in [5.74, 6) is -0.446. The Hall–Kier alpha value is -4.52. The fourth-order valence-electron chi connectivity index (χ4n) is 5.62. The van der Waals surface area contributed by atoms with Crippen molar-refractivity contribution in [2.45, 2.75) is 51.5 Å². The number of carbonyl (C=O) groups is 3. The van der Waals surface area contributed by atoms with E-state index in [1.807, 2.05) is 49.4 Å². The Labute approximate surface area is 233 Å². The molecular formula is C33H31N3O4. The van der Waals surface area contributed by atoms with Crippen LogP contribution in [0.4, 0.5) is 5.69 Å². The number of allylic oxidation sites excluding steroid dienone is 1. The quantitative estimate of drug-likeness (QED) is 0.201. The number of nitrogens with zero attached hydrogens (tertiary/aromatic N) is 3. The zero-order valence-electron chi connectivity index (χ0n) is 22.5. The summed E-state index contributed by atoms with van der Waals surface area (Å²) in [7, 11) is 0. The number of hydrogen-bond acceptors (Lipinski definition) is 5. The van der Waals surface area contributed by atoms with Crippen LogP contribution in [0.25, 0.3) is 22.6 Å². The molecule has 4 aromatic rings. The largest absolute Gasteiger partial charge is 0.436 e. The van der Waals surface area contributed by atoms with E-state index in [-0.39, 0.29) is 24.1 Å². The Bertz CT molecular complexity index is 1590. The van der Waals surface area contributed by atoms with E-state index in [2.05, 4.69) is 11.1 Å². The van der Waals surface area contributed by atoms with Crippen molar-refractivity contribution < 1.29 is 18.8 Å². The van der Waals surface area contributed by atoms with E-state index in [1.54, 1.807) is 35.2 Å². The Kier molecular flexibility index (Phi) is 7.03. The molecule has 1 saturated heterocycles. The number of amides is 3. The Morgan fingerprint density at radius 1 is 1.02 bits per heavy atom. The van der Waals surface area contributed by atoms with Crippen molar-refractivity contribution in [1.82, 2.24) is 9.88 Å². The van der Waals surface area contributed by atoms with Gasteiger partial charge in [0, 0.05) is 17.7 Å². The first kappa shape index (κ1) is 25.7. The molecule has 0 bridgehead atoms. The van der Waals surface area contributed by atoms with Gasteiger partial charge in [0.05, 0.1) is 12.1 Å². The second-order valence-electron chi connectivity index (χ2n) is 10.5. The number of fused-ring (bicyclic) bond motifs is 1. The molecule has 6 rings (SSSR count). The average molecular weight is 534 g/mol. The van der Waals surface area contributed by atoms with E-state index >= 15 is 0 Å². The number of benzene rings is 3. The molecule has 1 fully saturated rings. The molecule has 0 radical (unpaired) electrons. The molecule has 2 aliphatic rings. The molecule has 2 heterocycles. The maximum Gasteiger partial charge on any atom is 0.257 e. The number of aryl methyl sites for hydroxylation is 1. The molecule has 0 spiro atoms. The molecule has 0 N–H and O–H groups in total. The first-order valence-electron chi connectivity index (χ1n) is 13.9. The molecule has 1 unspecified atom stereocenters. The molecule has 7 nitrogen and oxygen atoms in total. The van der Waals surface area contributed by atoms with Gasteiger partial charge in [-0.15, -0.1) is 0 Å². The zero-order chi connectivity index (χ0) is 27.6. The van der Waals surface area contributed by atoms with Gasteiger partial charge in [-0.05, 0) is 87.6 Å². The summed E-state index contributed by atoms with van der Waals surface area (Å²) in [6.45, 7) is 2.33. The lowest BCUT2D eigenvalue weighted by molar-refractivity contribution is -0.122. The van der Waals surface area contributed by atoms with Crippen LogP contribution in [0.15, 0.2) is 88.9 Å². The van der Waals surface area contributed by atoms with Gasteiger partial charge in [0.2, 0.25) is 11.8 Å². The summed E-state index contributed by atoms with van der Waals surface area (Å²) in [6.07, 6.45) is 7.32. The van der Waals surface area contributed by atoms with E-state index in [4.69, 9.17) is 4.42 Å². The number of aromatic nitrogens is 1. The molecule has 1 aromatic heterocycles. The zero-order valence-corrected chi connectivity index (χ0v) is 22.5. The predicted octanol–water partition coefficient (Wildman–Crippen LogP) is 6.47. The van der Waals surface area contributed by atoms with Crippen LogP contribution in [-0.2, 0) is 9.59 Å². The van der Waals surface area contributed by atoms with Crippen LogP contribution < -0.4 is 4.90 Å². The highest BCUT2D eigenvalue weighted by Crippen LogP contribution is 2.31. The van der Waals surface area contributed by atoms with Gasteiger partial charge in [0.25, 0.3) is 11.8 Å². The molecule has 1 aliphatic heterocycles. The molecule has 40 heavy (non-hydrogen) atoms. The summed E-state index contributed by atoms with van der Waals surface area (Å²) in [5.41, 5.74) is 5.47. The fourth-order valence-corrected chi connectivity index (χ4v) is 5.62. The SMILES string of the molecule is Cc1cccc(C(=O)N(CCC2=CCCCC2)C2CC(=O)N(c3ccc(-c4nc5ccccc5o4)cc3)C2=O)c1. The van der Waals surface area contributed by atoms with Crippen molar-refractivity contribution in [1.29, 1.82) is 0 Å². The van der Waals surface area contributed by atoms with Crippen LogP contribution in [0.1, 0.15) is 54.4 Å². The van der Waals surface area contributed by atoms with Crippen molar-refractivity contribution in [3.63, 3.8) is 0 Å². The lowest BCUT2D eigenvalue weighted by Crippen LogP contribution is -2.46. The molecule has 7 heteroatoms. The van der Waals surface area contributed by atoms with E-state index < -0.39 is 6.04 Å². The molecule has 3 aromatic carbocycles. The monoisotopic (exact) mass is 533 g/mol. The van der Waals surface area contributed by atoms with Gasteiger partial charge in [-0.1, -0.05) is 41.5 Å². The number of anilines is 1. The second kappa shape index (κ2) is 10.9. The highest BCUT2D eigenvalue weighted by Gasteiger charge is 2.44. The first-order valence-corrected chi connectivity index (χ1v) is 13.9. The molecule has 202 valence electrons. The number of para-hydroxylation sites is 2. The van der Waals surface area contributed by atoms with E-state index in [9.17, 15) is 14.4 Å². The smallest absolute Gasteiger partial charge is 0.257 e. The van der Waals surface area contributed by atoms with Gasteiger partial charge >= 0.3 is 0 Å². The van der Waals surface area contributed by atoms with Crippen LogP contribution in [0, 0.1) is 6.92 Å². The summed E-state index contributed by atoms with van der Waals surface area (Å²) in [5, 5.41) is 0. The Morgan fingerprint density at radius 3 is 2.60 bits per heavy atom. The van der Waals surface area contributed by atoms with Crippen LogP contribution in [0.2, 0.25) is 0 Å². The minimum Gasteiger partial charge on any atom is -0.436 e. The van der Waals surface area contributed by atoms with Crippen LogP contribution in [0.5, 0.6) is 0 Å². The third-order valence-electron chi connectivity index (χ3n) is 7.75. The van der Waals surface area contributed by atoms with Gasteiger partial charge < -0.3 is 9.32 Å². The molecule has 1 aliphatic carbocycles. The van der Waals surface area contributed by atoms with Crippen molar-refractivity contribution in [3.8, 4) is 11.5 Å². The van der Waals surface area contributed by atoms with Gasteiger partial charge in [0.15, 0.2) is 5.58 Å². The standard InChI is InChI=1S/C33H31N3O4/c1-22-8-7-11-25(20-22)32(38)35(19-18-23-9-3-2-4-10-23)28-21-30(37)36(33(28)39)26-16-14-24(15-17-26)31-34-27-12-5-6-13-29(27)40-31/h5-9,11-17,20,28H,2-4,10,18-19,21H2,1H3. The first-order chi connectivity index (χ1) is 19.5. The summed E-state index contributed by atoms with van der Waals surface area (Å²) in [4.78, 5) is 48.0. The van der Waals surface area contributed by atoms with Crippen LogP contribution >= 0.6 is 0 Å². The van der Waals surface area contributed by atoms with Crippen molar-refractivity contribution in [2.75, 3.05) is 11.4 Å². The molecule has 1 atom stereocenters. The van der Waals surface area contributed by atoms with Crippen molar-refractivity contribution in [2.24, 2.45) is 0 Å². The highest BCUT2D eigenvalue weighted by atomic mass is 16.3.